The van der Waals surface area contributed by atoms with Crippen molar-refractivity contribution in [1.82, 2.24) is 0 Å². The van der Waals surface area contributed by atoms with Gasteiger partial charge >= 0.3 is 0 Å². The Kier molecular flexibility index (Phi) is 3.50. The summed E-state index contributed by atoms with van der Waals surface area (Å²) in [7, 11) is 0. The van der Waals surface area contributed by atoms with Crippen LogP contribution in [0, 0.1) is 0 Å². The highest BCUT2D eigenvalue weighted by molar-refractivity contribution is 9.09. The summed E-state index contributed by atoms with van der Waals surface area (Å²) < 4.78 is 11.7. The Bertz CT molecular complexity index is 182. The van der Waals surface area contributed by atoms with Crippen LogP contribution >= 0.6 is 15.9 Å². The summed E-state index contributed by atoms with van der Waals surface area (Å²) in [5.41, 5.74) is 0. The van der Waals surface area contributed by atoms with E-state index in [2.05, 4.69) is 29.8 Å². The van der Waals surface area contributed by atoms with Gasteiger partial charge < -0.3 is 9.47 Å². The van der Waals surface area contributed by atoms with Crippen LogP contribution in [0.4, 0.5) is 0 Å². The molecule has 2 atom stereocenters. The van der Waals surface area contributed by atoms with Gasteiger partial charge in [0, 0.05) is 4.83 Å². The smallest absolute Gasteiger partial charge is 0.0628 e. The first-order valence-electron chi connectivity index (χ1n) is 5.58. The molecule has 2 rings (SSSR count). The molecule has 3 heteroatoms. The first kappa shape index (κ1) is 10.9. The van der Waals surface area contributed by atoms with Crippen molar-refractivity contribution >= 4 is 15.9 Å². The van der Waals surface area contributed by atoms with Gasteiger partial charge in [0.15, 0.2) is 0 Å². The van der Waals surface area contributed by atoms with Gasteiger partial charge in [-0.3, -0.25) is 0 Å². The van der Waals surface area contributed by atoms with E-state index in [1.54, 1.807) is 0 Å². The fourth-order valence-corrected chi connectivity index (χ4v) is 3.17. The van der Waals surface area contributed by atoms with Crippen molar-refractivity contribution in [2.45, 2.75) is 68.8 Å². The van der Waals surface area contributed by atoms with Gasteiger partial charge in [0.25, 0.3) is 0 Å². The van der Waals surface area contributed by atoms with E-state index in [0.29, 0.717) is 29.2 Å². The molecule has 2 aliphatic rings. The molecule has 0 aromatic carbocycles. The zero-order valence-corrected chi connectivity index (χ0v) is 10.5. The van der Waals surface area contributed by atoms with Crippen LogP contribution in [0.25, 0.3) is 0 Å². The SMILES string of the molecule is CC1CC(OC2CC(Br)C2)CC(C)O1. The van der Waals surface area contributed by atoms with Crippen LogP contribution in [0.3, 0.4) is 0 Å². The summed E-state index contributed by atoms with van der Waals surface area (Å²) in [6.07, 6.45) is 6.15. The predicted molar refractivity (Wildman–Crippen MR) is 59.9 cm³/mol. The van der Waals surface area contributed by atoms with E-state index in [1.807, 2.05) is 0 Å². The molecule has 2 nitrogen and oxygen atoms in total. The van der Waals surface area contributed by atoms with E-state index in [4.69, 9.17) is 9.47 Å². The predicted octanol–water partition coefficient (Wildman–Crippen LogP) is 2.88. The monoisotopic (exact) mass is 262 g/mol. The summed E-state index contributed by atoms with van der Waals surface area (Å²) in [4.78, 5) is 0.696. The molecule has 0 radical (unpaired) electrons. The molecule has 0 aromatic rings. The largest absolute Gasteiger partial charge is 0.375 e. The summed E-state index contributed by atoms with van der Waals surface area (Å²) >= 11 is 3.58. The van der Waals surface area contributed by atoms with Crippen LogP contribution in [-0.4, -0.2) is 29.2 Å². The van der Waals surface area contributed by atoms with Crippen LogP contribution in [0.2, 0.25) is 0 Å². The fourth-order valence-electron chi connectivity index (χ4n) is 2.34. The number of ether oxygens (including phenoxy) is 2. The summed E-state index contributed by atoms with van der Waals surface area (Å²) in [5, 5.41) is 0. The van der Waals surface area contributed by atoms with Gasteiger partial charge in [-0.15, -0.1) is 0 Å². The third-order valence-electron chi connectivity index (χ3n) is 3.08. The normalized spacial score (nSPS) is 48.6. The molecule has 1 aliphatic carbocycles. The molecule has 0 amide bonds. The van der Waals surface area contributed by atoms with Crippen LogP contribution in [0.5, 0.6) is 0 Å². The molecular formula is C11H19BrO2. The lowest BCUT2D eigenvalue weighted by atomic mass is 9.94. The standard InChI is InChI=1S/C11H19BrO2/c1-7-3-10(4-8(2)13-7)14-11-5-9(12)6-11/h7-11H,3-6H2,1-2H3. The minimum Gasteiger partial charge on any atom is -0.375 e. The summed E-state index contributed by atoms with van der Waals surface area (Å²) in [6, 6.07) is 0. The Labute approximate surface area is 94.5 Å². The van der Waals surface area contributed by atoms with Crippen LogP contribution in [0.15, 0.2) is 0 Å². The van der Waals surface area contributed by atoms with E-state index in [-0.39, 0.29) is 0 Å². The van der Waals surface area contributed by atoms with Crippen molar-refractivity contribution in [3.63, 3.8) is 0 Å². The minimum atomic E-state index is 0.364. The van der Waals surface area contributed by atoms with Crippen LogP contribution < -0.4 is 0 Å². The molecule has 1 saturated heterocycles. The first-order valence-corrected chi connectivity index (χ1v) is 6.50. The highest BCUT2D eigenvalue weighted by atomic mass is 79.9. The molecule has 0 spiro atoms. The van der Waals surface area contributed by atoms with Gasteiger partial charge in [-0.05, 0) is 39.5 Å². The highest BCUT2D eigenvalue weighted by Gasteiger charge is 2.32. The Morgan fingerprint density at radius 2 is 1.50 bits per heavy atom. The molecule has 14 heavy (non-hydrogen) atoms. The Hall–Kier alpha value is 0.400. The Balaban J connectivity index is 1.74. The molecule has 1 saturated carbocycles. The number of rotatable bonds is 2. The van der Waals surface area contributed by atoms with Crippen molar-refractivity contribution in [2.75, 3.05) is 0 Å². The fraction of sp³-hybridized carbons (Fsp3) is 1.00. The van der Waals surface area contributed by atoms with Gasteiger partial charge in [-0.25, -0.2) is 0 Å². The van der Waals surface area contributed by atoms with Crippen molar-refractivity contribution in [3.05, 3.63) is 0 Å². The Morgan fingerprint density at radius 3 is 2.00 bits per heavy atom. The average molecular weight is 263 g/mol. The second-order valence-corrected chi connectivity index (χ2v) is 5.97. The van der Waals surface area contributed by atoms with Crippen molar-refractivity contribution in [3.8, 4) is 0 Å². The maximum atomic E-state index is 6.03. The van der Waals surface area contributed by atoms with Crippen molar-refractivity contribution in [2.24, 2.45) is 0 Å². The lowest BCUT2D eigenvalue weighted by Gasteiger charge is -2.38. The number of alkyl halides is 1. The topological polar surface area (TPSA) is 18.5 Å². The third-order valence-corrected chi connectivity index (χ3v) is 3.82. The number of hydrogen-bond donors (Lipinski definition) is 0. The Morgan fingerprint density at radius 1 is 1.00 bits per heavy atom. The maximum Gasteiger partial charge on any atom is 0.0628 e. The molecule has 1 heterocycles. The van der Waals surface area contributed by atoms with E-state index >= 15 is 0 Å². The lowest BCUT2D eigenvalue weighted by Crippen LogP contribution is -2.40. The molecular weight excluding hydrogens is 244 g/mol. The number of hydrogen-bond acceptors (Lipinski definition) is 2. The van der Waals surface area contributed by atoms with E-state index in [1.165, 1.54) is 12.8 Å². The molecule has 2 fully saturated rings. The maximum absolute atomic E-state index is 6.03. The molecule has 82 valence electrons. The molecule has 0 bridgehead atoms. The molecule has 0 aromatic heterocycles. The zero-order chi connectivity index (χ0) is 10.1. The molecule has 0 N–H and O–H groups in total. The van der Waals surface area contributed by atoms with Gasteiger partial charge in [0.2, 0.25) is 0 Å². The second kappa shape index (κ2) is 4.50. The van der Waals surface area contributed by atoms with E-state index in [0.717, 1.165) is 12.8 Å². The molecule has 1 aliphatic heterocycles. The number of halogens is 1. The quantitative estimate of drug-likeness (QED) is 0.713. The summed E-state index contributed by atoms with van der Waals surface area (Å²) in [6.45, 7) is 4.28. The van der Waals surface area contributed by atoms with Gasteiger partial charge in [0.1, 0.15) is 0 Å². The van der Waals surface area contributed by atoms with Crippen LogP contribution in [-0.2, 0) is 9.47 Å². The first-order chi connectivity index (χ1) is 6.63. The summed E-state index contributed by atoms with van der Waals surface area (Å²) in [5.74, 6) is 0. The van der Waals surface area contributed by atoms with Gasteiger partial charge in [0.05, 0.1) is 24.4 Å². The van der Waals surface area contributed by atoms with Crippen LogP contribution in [0.1, 0.15) is 39.5 Å². The zero-order valence-electron chi connectivity index (χ0n) is 8.91. The van der Waals surface area contributed by atoms with E-state index < -0.39 is 0 Å². The average Bonchev–Trinajstić information content (AvgIpc) is 1.99. The second-order valence-electron chi connectivity index (χ2n) is 4.68. The van der Waals surface area contributed by atoms with E-state index in [9.17, 15) is 0 Å². The van der Waals surface area contributed by atoms with Gasteiger partial charge in [-0.1, -0.05) is 15.9 Å². The van der Waals surface area contributed by atoms with Crippen molar-refractivity contribution in [1.29, 1.82) is 0 Å². The highest BCUT2D eigenvalue weighted by Crippen LogP contribution is 2.33. The lowest BCUT2D eigenvalue weighted by molar-refractivity contribution is -0.133. The van der Waals surface area contributed by atoms with Crippen molar-refractivity contribution < 1.29 is 9.47 Å². The molecule has 2 unspecified atom stereocenters. The third kappa shape index (κ3) is 2.71. The van der Waals surface area contributed by atoms with Gasteiger partial charge in [-0.2, -0.15) is 0 Å². The minimum absolute atomic E-state index is 0.364.